The molecule has 0 aliphatic rings. The maximum absolute atomic E-state index is 12.6. The van der Waals surface area contributed by atoms with Gasteiger partial charge in [0.05, 0.1) is 18.5 Å². The van der Waals surface area contributed by atoms with E-state index in [1.54, 1.807) is 45.0 Å². The smallest absolute Gasteiger partial charge is 0.410 e. The predicted octanol–water partition coefficient (Wildman–Crippen LogP) is 5.12. The molecule has 3 amide bonds. The Balaban J connectivity index is 1.13. The molecule has 2 heterocycles. The van der Waals surface area contributed by atoms with E-state index < -0.39 is 11.7 Å². The molecule has 13 heteroatoms. The molecule has 0 aliphatic heterocycles. The molecule has 2 aromatic carbocycles. The van der Waals surface area contributed by atoms with E-state index >= 15 is 0 Å². The van der Waals surface area contributed by atoms with Gasteiger partial charge in [0.2, 0.25) is 16.9 Å². The molecule has 0 unspecified atom stereocenters. The summed E-state index contributed by atoms with van der Waals surface area (Å²) < 4.78 is 10.7. The quantitative estimate of drug-likeness (QED) is 0.127. The summed E-state index contributed by atoms with van der Waals surface area (Å²) in [5.74, 6) is 0.583. The lowest BCUT2D eigenvalue weighted by molar-refractivity contribution is -0.116. The number of aryl methyl sites for hydroxylation is 2. The highest BCUT2D eigenvalue weighted by Crippen LogP contribution is 2.19. The summed E-state index contributed by atoms with van der Waals surface area (Å²) >= 11 is 1.35. The summed E-state index contributed by atoms with van der Waals surface area (Å²) in [5.41, 5.74) is 1.93. The van der Waals surface area contributed by atoms with E-state index in [1.807, 2.05) is 42.5 Å². The van der Waals surface area contributed by atoms with Crippen LogP contribution in [0, 0.1) is 0 Å². The number of hydrogen-bond acceptors (Lipinski definition) is 10. The largest absolute Gasteiger partial charge is 0.473 e. The van der Waals surface area contributed by atoms with Gasteiger partial charge in [0, 0.05) is 6.42 Å². The highest BCUT2D eigenvalue weighted by molar-refractivity contribution is 7.15. The maximum atomic E-state index is 12.6. The lowest BCUT2D eigenvalue weighted by Gasteiger charge is -2.19. The summed E-state index contributed by atoms with van der Waals surface area (Å²) in [4.78, 5) is 36.6. The van der Waals surface area contributed by atoms with Crippen LogP contribution in [-0.2, 0) is 40.0 Å². The Bertz CT molecular complexity index is 1560. The van der Waals surface area contributed by atoms with Crippen LogP contribution < -0.4 is 20.7 Å². The van der Waals surface area contributed by atoms with Crippen molar-refractivity contribution in [3.8, 4) is 5.75 Å². The molecule has 45 heavy (non-hydrogen) atoms. The standard InChI is InChI=1S/C32H37N7O5S/c1-32(2,3)44-31(42)33-21-43-25-14-9-12-23(18-25)20-28(41)35-30-39-38-29(45-30)15-8-7-13-24-16-17-26(37-36-24)34-27(40)19-22-10-5-4-6-11-22/h4-6,9-12,14,16-18H,7-8,13,15,19-21H2,1-3H3,(H,33,42)(H,34,37,40)(H,35,39,41). The third kappa shape index (κ3) is 12.3. The second-order valence-corrected chi connectivity index (χ2v) is 12.2. The second-order valence-electron chi connectivity index (χ2n) is 11.2. The average Bonchev–Trinajstić information content (AvgIpc) is 3.42. The zero-order valence-electron chi connectivity index (χ0n) is 25.5. The average molecular weight is 632 g/mol. The minimum atomic E-state index is -0.596. The number of nitrogens with one attached hydrogen (secondary N) is 3. The molecule has 0 bridgehead atoms. The van der Waals surface area contributed by atoms with Crippen LogP contribution in [0.1, 0.15) is 55.4 Å². The highest BCUT2D eigenvalue weighted by atomic mass is 32.1. The molecular weight excluding hydrogens is 594 g/mol. The lowest BCUT2D eigenvalue weighted by atomic mass is 10.1. The van der Waals surface area contributed by atoms with Gasteiger partial charge in [-0.1, -0.05) is 53.8 Å². The Labute approximate surface area is 266 Å². The monoisotopic (exact) mass is 631 g/mol. The molecule has 12 nitrogen and oxygen atoms in total. The fourth-order valence-electron chi connectivity index (χ4n) is 4.10. The molecule has 2 aromatic heterocycles. The van der Waals surface area contributed by atoms with Crippen molar-refractivity contribution >= 4 is 40.2 Å². The number of alkyl carbamates (subject to hydrolysis) is 1. The first kappa shape index (κ1) is 33.0. The van der Waals surface area contributed by atoms with Gasteiger partial charge in [0.15, 0.2) is 12.5 Å². The van der Waals surface area contributed by atoms with Crippen molar-refractivity contribution < 1.29 is 23.9 Å². The first-order valence-corrected chi connectivity index (χ1v) is 15.4. The number of ether oxygens (including phenoxy) is 2. The van der Waals surface area contributed by atoms with Crippen LogP contribution in [0.2, 0.25) is 0 Å². The Morgan fingerprint density at radius 2 is 1.51 bits per heavy atom. The molecule has 0 fully saturated rings. The number of carbonyl (C=O) groups excluding carboxylic acids is 3. The Kier molecular flexibility index (Phi) is 11.9. The number of aromatic nitrogens is 4. The Morgan fingerprint density at radius 3 is 2.27 bits per heavy atom. The van der Waals surface area contributed by atoms with Crippen LogP contribution in [0.3, 0.4) is 0 Å². The molecule has 0 saturated heterocycles. The van der Waals surface area contributed by atoms with Crippen molar-refractivity contribution in [1.82, 2.24) is 25.7 Å². The van der Waals surface area contributed by atoms with Gasteiger partial charge in [-0.15, -0.1) is 15.3 Å². The molecule has 236 valence electrons. The number of rotatable bonds is 14. The van der Waals surface area contributed by atoms with E-state index in [1.165, 1.54) is 11.3 Å². The zero-order valence-corrected chi connectivity index (χ0v) is 26.4. The number of anilines is 2. The second kappa shape index (κ2) is 16.2. The van der Waals surface area contributed by atoms with Gasteiger partial charge >= 0.3 is 6.09 Å². The normalized spacial score (nSPS) is 11.0. The fraction of sp³-hybridized carbons (Fsp3) is 0.344. The van der Waals surface area contributed by atoms with Crippen molar-refractivity contribution in [2.45, 2.75) is 64.9 Å². The molecule has 0 atom stereocenters. The van der Waals surface area contributed by atoms with E-state index in [9.17, 15) is 14.4 Å². The number of unbranched alkanes of at least 4 members (excludes halogenated alkanes) is 1. The number of hydrogen-bond donors (Lipinski definition) is 3. The van der Waals surface area contributed by atoms with E-state index in [4.69, 9.17) is 9.47 Å². The Hall–Kier alpha value is -4.91. The molecule has 0 spiro atoms. The summed E-state index contributed by atoms with van der Waals surface area (Å²) in [6.45, 7) is 5.28. The number of amides is 3. The Morgan fingerprint density at radius 1 is 0.778 bits per heavy atom. The number of benzene rings is 2. The van der Waals surface area contributed by atoms with Gasteiger partial charge in [-0.2, -0.15) is 5.10 Å². The van der Waals surface area contributed by atoms with Gasteiger partial charge < -0.3 is 20.1 Å². The third-order valence-electron chi connectivity index (χ3n) is 6.10. The maximum Gasteiger partial charge on any atom is 0.410 e. The molecule has 4 aromatic rings. The highest BCUT2D eigenvalue weighted by Gasteiger charge is 2.16. The zero-order chi connectivity index (χ0) is 32.1. The molecule has 4 rings (SSSR count). The number of carbonyl (C=O) groups is 3. The van der Waals surface area contributed by atoms with Gasteiger partial charge in [-0.25, -0.2) is 4.79 Å². The topological polar surface area (TPSA) is 157 Å². The summed E-state index contributed by atoms with van der Waals surface area (Å²) in [7, 11) is 0. The van der Waals surface area contributed by atoms with Crippen molar-refractivity contribution in [2.24, 2.45) is 0 Å². The van der Waals surface area contributed by atoms with E-state index in [2.05, 4.69) is 36.3 Å². The van der Waals surface area contributed by atoms with Crippen LogP contribution in [0.4, 0.5) is 15.7 Å². The van der Waals surface area contributed by atoms with Crippen LogP contribution in [0.15, 0.2) is 66.7 Å². The molecule has 3 N–H and O–H groups in total. The molecule has 0 radical (unpaired) electrons. The van der Waals surface area contributed by atoms with Gasteiger partial charge in [-0.3, -0.25) is 14.9 Å². The van der Waals surface area contributed by atoms with Crippen LogP contribution in [-0.4, -0.2) is 50.6 Å². The molecular formula is C32H37N7O5S. The summed E-state index contributed by atoms with van der Waals surface area (Å²) in [6, 6.07) is 20.2. The minimum Gasteiger partial charge on any atom is -0.473 e. The SMILES string of the molecule is CC(C)(C)OC(=O)NCOc1cccc(CC(=O)Nc2nnc(CCCCc3ccc(NC(=O)Cc4ccccc4)nn3)s2)c1. The first-order chi connectivity index (χ1) is 21.6. The number of nitrogens with zero attached hydrogens (tertiary/aromatic N) is 4. The van der Waals surface area contributed by atoms with Gasteiger partial charge in [0.1, 0.15) is 16.4 Å². The predicted molar refractivity (Wildman–Crippen MR) is 171 cm³/mol. The summed E-state index contributed by atoms with van der Waals surface area (Å²) in [5, 5.41) is 26.0. The van der Waals surface area contributed by atoms with Crippen molar-refractivity contribution in [3.05, 3.63) is 88.6 Å². The fourth-order valence-corrected chi connectivity index (χ4v) is 4.90. The van der Waals surface area contributed by atoms with E-state index in [-0.39, 0.29) is 31.4 Å². The minimum absolute atomic E-state index is 0.0625. The van der Waals surface area contributed by atoms with E-state index in [0.29, 0.717) is 16.7 Å². The van der Waals surface area contributed by atoms with Gasteiger partial charge in [-0.05, 0) is 75.4 Å². The van der Waals surface area contributed by atoms with Gasteiger partial charge in [0.25, 0.3) is 0 Å². The third-order valence-corrected chi connectivity index (χ3v) is 7.00. The molecule has 0 aliphatic carbocycles. The van der Waals surface area contributed by atoms with Crippen LogP contribution in [0.25, 0.3) is 0 Å². The van der Waals surface area contributed by atoms with Crippen molar-refractivity contribution in [2.75, 3.05) is 17.4 Å². The van der Waals surface area contributed by atoms with E-state index in [0.717, 1.165) is 47.5 Å². The van der Waals surface area contributed by atoms with Crippen molar-refractivity contribution in [3.63, 3.8) is 0 Å². The van der Waals surface area contributed by atoms with Crippen LogP contribution >= 0.6 is 11.3 Å². The first-order valence-electron chi connectivity index (χ1n) is 14.6. The lowest BCUT2D eigenvalue weighted by Crippen LogP contribution is -2.34. The summed E-state index contributed by atoms with van der Waals surface area (Å²) in [6.07, 6.45) is 3.05. The van der Waals surface area contributed by atoms with Crippen LogP contribution in [0.5, 0.6) is 5.75 Å². The van der Waals surface area contributed by atoms with Crippen molar-refractivity contribution in [1.29, 1.82) is 0 Å². The molecule has 0 saturated carbocycles.